The van der Waals surface area contributed by atoms with Gasteiger partial charge in [-0.3, -0.25) is 14.6 Å². The van der Waals surface area contributed by atoms with Crippen LogP contribution in [0.25, 0.3) is 11.3 Å². The zero-order chi connectivity index (χ0) is 18.9. The molecule has 1 aliphatic heterocycles. The lowest BCUT2D eigenvalue weighted by molar-refractivity contribution is -0.137. The Morgan fingerprint density at radius 1 is 1.19 bits per heavy atom. The van der Waals surface area contributed by atoms with E-state index >= 15 is 0 Å². The molecule has 1 saturated heterocycles. The molecule has 0 bridgehead atoms. The van der Waals surface area contributed by atoms with Crippen LogP contribution in [0, 0.1) is 0 Å². The number of primary amides is 1. The molecule has 5 nitrogen and oxygen atoms in total. The van der Waals surface area contributed by atoms with E-state index in [1.807, 2.05) is 0 Å². The fourth-order valence-corrected chi connectivity index (χ4v) is 3.05. The first-order valence-corrected chi connectivity index (χ1v) is 8.01. The van der Waals surface area contributed by atoms with Crippen LogP contribution in [0.15, 0.2) is 42.6 Å². The molecule has 1 fully saturated rings. The van der Waals surface area contributed by atoms with Crippen LogP contribution < -0.4 is 5.73 Å². The van der Waals surface area contributed by atoms with Crippen molar-refractivity contribution < 1.29 is 22.8 Å². The summed E-state index contributed by atoms with van der Waals surface area (Å²) < 4.78 is 38.6. The second-order valence-electron chi connectivity index (χ2n) is 6.07. The minimum absolute atomic E-state index is 0.113. The molecular formula is C18H16F3N3O2. The molecule has 3 rings (SSSR count). The van der Waals surface area contributed by atoms with Crippen LogP contribution in [0.5, 0.6) is 0 Å². The molecule has 0 spiro atoms. The van der Waals surface area contributed by atoms with E-state index < -0.39 is 23.7 Å². The summed E-state index contributed by atoms with van der Waals surface area (Å²) in [7, 11) is 0. The van der Waals surface area contributed by atoms with Crippen molar-refractivity contribution in [1.29, 1.82) is 0 Å². The van der Waals surface area contributed by atoms with Crippen LogP contribution in [-0.2, 0) is 11.0 Å². The zero-order valence-electron chi connectivity index (χ0n) is 13.7. The van der Waals surface area contributed by atoms with Gasteiger partial charge in [-0.25, -0.2) is 0 Å². The van der Waals surface area contributed by atoms with Crippen molar-refractivity contribution in [2.24, 2.45) is 5.73 Å². The minimum atomic E-state index is -4.48. The van der Waals surface area contributed by atoms with Crippen LogP contribution in [0.3, 0.4) is 0 Å². The number of carbonyl (C=O) groups excluding carboxylic acids is 2. The van der Waals surface area contributed by atoms with E-state index in [0.29, 0.717) is 24.9 Å². The van der Waals surface area contributed by atoms with Crippen LogP contribution in [0.2, 0.25) is 0 Å². The van der Waals surface area contributed by atoms with E-state index in [4.69, 9.17) is 5.73 Å². The highest BCUT2D eigenvalue weighted by atomic mass is 19.4. The maximum absolute atomic E-state index is 12.9. The second kappa shape index (κ2) is 6.78. The Bertz CT molecular complexity index is 852. The topological polar surface area (TPSA) is 76.3 Å². The predicted octanol–water partition coefficient (Wildman–Crippen LogP) is 2.86. The molecule has 2 amide bonds. The summed E-state index contributed by atoms with van der Waals surface area (Å²) in [5.41, 5.74) is 5.29. The summed E-state index contributed by atoms with van der Waals surface area (Å²) in [5, 5.41) is 0. The number of likely N-dealkylation sites (tertiary alicyclic amines) is 1. The number of hydrogen-bond donors (Lipinski definition) is 1. The molecule has 0 saturated carbocycles. The average Bonchev–Trinajstić information content (AvgIpc) is 3.10. The molecule has 2 N–H and O–H groups in total. The number of nitrogens with two attached hydrogens (primary N) is 1. The Balaban J connectivity index is 1.92. The fourth-order valence-electron chi connectivity index (χ4n) is 3.05. The highest BCUT2D eigenvalue weighted by Gasteiger charge is 2.33. The average molecular weight is 363 g/mol. The van der Waals surface area contributed by atoms with Gasteiger partial charge in [-0.2, -0.15) is 13.2 Å². The zero-order valence-corrected chi connectivity index (χ0v) is 13.7. The summed E-state index contributed by atoms with van der Waals surface area (Å²) >= 11 is 0. The summed E-state index contributed by atoms with van der Waals surface area (Å²) in [6.07, 6.45) is -2.21. The van der Waals surface area contributed by atoms with Crippen LogP contribution in [-0.4, -0.2) is 34.3 Å². The molecule has 26 heavy (non-hydrogen) atoms. The number of aromatic nitrogens is 1. The van der Waals surface area contributed by atoms with Crippen LogP contribution in [0.1, 0.15) is 28.8 Å². The standard InChI is InChI=1S/C18H16F3N3O2/c19-18(20,21)13-6-7-23-14(10-13)11-3-1-4-12(9-11)17(26)24-8-2-5-15(24)16(22)25/h1,3-4,6-7,9-10,15H,2,5,8H2,(H2,22,25)/t15-/m0/s1. The van der Waals surface area contributed by atoms with Gasteiger partial charge in [0.25, 0.3) is 5.91 Å². The molecule has 1 atom stereocenters. The molecule has 0 radical (unpaired) electrons. The number of nitrogens with zero attached hydrogens (tertiary/aromatic N) is 2. The van der Waals surface area contributed by atoms with Gasteiger partial charge in [-0.05, 0) is 37.1 Å². The minimum Gasteiger partial charge on any atom is -0.368 e. The fraction of sp³-hybridized carbons (Fsp3) is 0.278. The number of hydrogen-bond acceptors (Lipinski definition) is 3. The molecule has 1 aromatic carbocycles. The van der Waals surface area contributed by atoms with E-state index in [2.05, 4.69) is 4.98 Å². The maximum atomic E-state index is 12.9. The van der Waals surface area contributed by atoms with E-state index in [9.17, 15) is 22.8 Å². The van der Waals surface area contributed by atoms with Crippen molar-refractivity contribution in [2.75, 3.05) is 6.54 Å². The Morgan fingerprint density at radius 2 is 1.96 bits per heavy atom. The molecule has 1 aliphatic rings. The maximum Gasteiger partial charge on any atom is 0.416 e. The van der Waals surface area contributed by atoms with Crippen molar-refractivity contribution >= 4 is 11.8 Å². The number of alkyl halides is 3. The monoisotopic (exact) mass is 363 g/mol. The lowest BCUT2D eigenvalue weighted by Crippen LogP contribution is -2.43. The number of pyridine rings is 1. The molecule has 8 heteroatoms. The molecule has 0 unspecified atom stereocenters. The van der Waals surface area contributed by atoms with Gasteiger partial charge in [0, 0.05) is 23.9 Å². The smallest absolute Gasteiger partial charge is 0.368 e. The van der Waals surface area contributed by atoms with Crippen LogP contribution in [0.4, 0.5) is 13.2 Å². The van der Waals surface area contributed by atoms with Gasteiger partial charge in [0.1, 0.15) is 6.04 Å². The largest absolute Gasteiger partial charge is 0.416 e. The van der Waals surface area contributed by atoms with Gasteiger partial charge < -0.3 is 10.6 Å². The number of halogens is 3. The number of amides is 2. The lowest BCUT2D eigenvalue weighted by atomic mass is 10.0. The molecule has 2 aromatic rings. The van der Waals surface area contributed by atoms with Crippen molar-refractivity contribution in [3.8, 4) is 11.3 Å². The SMILES string of the molecule is NC(=O)[C@@H]1CCCN1C(=O)c1cccc(-c2cc(C(F)(F)F)ccn2)c1. The van der Waals surface area contributed by atoms with E-state index in [-0.39, 0.29) is 17.2 Å². The van der Waals surface area contributed by atoms with Gasteiger partial charge in [0.2, 0.25) is 5.91 Å². The lowest BCUT2D eigenvalue weighted by Gasteiger charge is -2.22. The summed E-state index contributed by atoms with van der Waals surface area (Å²) in [5.74, 6) is -0.938. The van der Waals surface area contributed by atoms with Crippen molar-refractivity contribution in [2.45, 2.75) is 25.1 Å². The number of benzene rings is 1. The predicted molar refractivity (Wildman–Crippen MR) is 87.9 cm³/mol. The Hall–Kier alpha value is -2.90. The first kappa shape index (κ1) is 17.9. The van der Waals surface area contributed by atoms with Gasteiger partial charge in [-0.15, -0.1) is 0 Å². The number of carbonyl (C=O) groups is 2. The first-order valence-electron chi connectivity index (χ1n) is 8.01. The Labute approximate surface area is 147 Å². The van der Waals surface area contributed by atoms with E-state index in [1.165, 1.54) is 11.0 Å². The van der Waals surface area contributed by atoms with Gasteiger partial charge in [0.05, 0.1) is 11.3 Å². The van der Waals surface area contributed by atoms with Crippen molar-refractivity contribution in [3.63, 3.8) is 0 Å². The van der Waals surface area contributed by atoms with E-state index in [0.717, 1.165) is 18.3 Å². The third-order valence-electron chi connectivity index (χ3n) is 4.33. The summed E-state index contributed by atoms with van der Waals surface area (Å²) in [6.45, 7) is 0.415. The summed E-state index contributed by atoms with van der Waals surface area (Å²) in [4.78, 5) is 29.5. The Morgan fingerprint density at radius 3 is 2.65 bits per heavy atom. The van der Waals surface area contributed by atoms with Crippen LogP contribution >= 0.6 is 0 Å². The second-order valence-corrected chi connectivity index (χ2v) is 6.07. The van der Waals surface area contributed by atoms with Gasteiger partial charge in [-0.1, -0.05) is 12.1 Å². The third kappa shape index (κ3) is 3.54. The highest BCUT2D eigenvalue weighted by Crippen LogP contribution is 2.31. The molecule has 2 heterocycles. The third-order valence-corrected chi connectivity index (χ3v) is 4.33. The first-order chi connectivity index (χ1) is 12.3. The van der Waals surface area contributed by atoms with E-state index in [1.54, 1.807) is 18.2 Å². The quantitative estimate of drug-likeness (QED) is 0.911. The highest BCUT2D eigenvalue weighted by molar-refractivity contribution is 5.98. The summed E-state index contributed by atoms with van der Waals surface area (Å²) in [6, 6.07) is 7.34. The Kier molecular flexibility index (Phi) is 4.67. The normalized spacial score (nSPS) is 17.3. The van der Waals surface area contributed by atoms with Crippen molar-refractivity contribution in [3.05, 3.63) is 53.7 Å². The molecule has 0 aliphatic carbocycles. The number of rotatable bonds is 3. The molecular weight excluding hydrogens is 347 g/mol. The van der Waals surface area contributed by atoms with Crippen molar-refractivity contribution in [1.82, 2.24) is 9.88 Å². The molecule has 1 aromatic heterocycles. The van der Waals surface area contributed by atoms with Gasteiger partial charge in [0.15, 0.2) is 0 Å². The van der Waals surface area contributed by atoms with Gasteiger partial charge >= 0.3 is 6.18 Å². The molecule has 136 valence electrons.